The van der Waals surface area contributed by atoms with E-state index in [9.17, 15) is 22.3 Å². The quantitative estimate of drug-likeness (QED) is 0.413. The fraction of sp³-hybridized carbons (Fsp3) is 0.0833. The summed E-state index contributed by atoms with van der Waals surface area (Å²) in [6.07, 6.45) is 1.77. The third kappa shape index (κ3) is 4.87. The van der Waals surface area contributed by atoms with Crippen molar-refractivity contribution in [2.24, 2.45) is 0 Å². The van der Waals surface area contributed by atoms with Gasteiger partial charge in [-0.1, -0.05) is 47.5 Å². The van der Waals surface area contributed by atoms with Gasteiger partial charge in [0.1, 0.15) is 11.6 Å². The van der Waals surface area contributed by atoms with Gasteiger partial charge in [0, 0.05) is 23.3 Å². The molecule has 0 spiro atoms. The molecule has 0 saturated carbocycles. The molecule has 8 heteroatoms. The van der Waals surface area contributed by atoms with Gasteiger partial charge in [-0.2, -0.15) is 9.78 Å². The van der Waals surface area contributed by atoms with Crippen LogP contribution in [0.1, 0.15) is 16.7 Å². The fourth-order valence-corrected chi connectivity index (χ4v) is 3.86. The maximum absolute atomic E-state index is 13.4. The van der Waals surface area contributed by atoms with E-state index in [1.54, 1.807) is 42.6 Å². The van der Waals surface area contributed by atoms with Gasteiger partial charge in [-0.05, 0) is 53.1 Å². The van der Waals surface area contributed by atoms with Crippen molar-refractivity contribution in [3.63, 3.8) is 0 Å². The fourth-order valence-electron chi connectivity index (χ4n) is 3.40. The molecule has 32 heavy (non-hydrogen) atoms. The third-order valence-electron chi connectivity index (χ3n) is 4.99. The first-order valence-electron chi connectivity index (χ1n) is 9.67. The summed E-state index contributed by atoms with van der Waals surface area (Å²) in [7, 11) is 0. The second-order valence-electron chi connectivity index (χ2n) is 7.18. The van der Waals surface area contributed by atoms with Gasteiger partial charge in [-0.15, -0.1) is 0 Å². The van der Waals surface area contributed by atoms with Crippen molar-refractivity contribution in [1.82, 2.24) is 9.78 Å². The molecule has 0 aliphatic carbocycles. The summed E-state index contributed by atoms with van der Waals surface area (Å²) in [5.41, 5.74) is 3.08. The maximum atomic E-state index is 13.4. The number of nitrogens with zero attached hydrogens (tertiary/aromatic N) is 2. The lowest BCUT2D eigenvalue weighted by molar-refractivity contribution is 0.536. The van der Waals surface area contributed by atoms with Gasteiger partial charge in [0.2, 0.25) is 0 Å². The Labute approximate surface area is 185 Å². The van der Waals surface area contributed by atoms with Crippen LogP contribution in [-0.2, 0) is 23.3 Å². The molecule has 1 atom stereocenters. The van der Waals surface area contributed by atoms with Crippen LogP contribution in [0.3, 0.4) is 0 Å². The third-order valence-corrected chi connectivity index (χ3v) is 5.56. The number of aromatic nitrogens is 2. The van der Waals surface area contributed by atoms with Crippen molar-refractivity contribution >= 4 is 11.1 Å². The minimum atomic E-state index is -2.20. The van der Waals surface area contributed by atoms with Crippen molar-refractivity contribution < 1.29 is 17.5 Å². The molecule has 5 nitrogen and oxygen atoms in total. The van der Waals surface area contributed by atoms with Crippen LogP contribution in [0.15, 0.2) is 83.8 Å². The highest BCUT2D eigenvalue weighted by molar-refractivity contribution is 7.78. The van der Waals surface area contributed by atoms with Crippen LogP contribution in [0, 0.1) is 11.6 Å². The normalized spacial score (nSPS) is 12.0. The maximum Gasteiger partial charge on any atom is 0.275 e. The molecule has 0 fully saturated rings. The SMILES string of the molecule is O=c1c(Cc2ccc(F)cc2)c(-c2ccc(CS(=O)[O-])cc2)cnn1-c1ccc(F)cc1. The predicted octanol–water partition coefficient (Wildman–Crippen LogP) is 4.15. The minimum absolute atomic E-state index is 0.104. The predicted molar refractivity (Wildman–Crippen MR) is 117 cm³/mol. The largest absolute Gasteiger partial charge is 0.772 e. The van der Waals surface area contributed by atoms with Gasteiger partial charge >= 0.3 is 0 Å². The zero-order valence-corrected chi connectivity index (χ0v) is 17.5. The molecule has 1 unspecified atom stereocenters. The van der Waals surface area contributed by atoms with Crippen LogP contribution in [-0.4, -0.2) is 18.5 Å². The first-order chi connectivity index (χ1) is 15.4. The summed E-state index contributed by atoms with van der Waals surface area (Å²) in [6.45, 7) is 0. The first kappa shape index (κ1) is 21.7. The Morgan fingerprint density at radius 3 is 2.00 bits per heavy atom. The van der Waals surface area contributed by atoms with E-state index in [0.29, 0.717) is 27.9 Å². The van der Waals surface area contributed by atoms with Crippen molar-refractivity contribution in [2.75, 3.05) is 0 Å². The van der Waals surface area contributed by atoms with Crippen LogP contribution in [0.25, 0.3) is 16.8 Å². The number of halogens is 2. The zero-order valence-electron chi connectivity index (χ0n) is 16.7. The number of hydrogen-bond donors (Lipinski definition) is 0. The topological polar surface area (TPSA) is 75.0 Å². The lowest BCUT2D eigenvalue weighted by Gasteiger charge is -2.13. The Bertz CT molecular complexity index is 1320. The summed E-state index contributed by atoms with van der Waals surface area (Å²) in [5, 5.41) is 4.26. The van der Waals surface area contributed by atoms with E-state index in [0.717, 1.165) is 5.56 Å². The Balaban J connectivity index is 1.82. The Kier molecular flexibility index (Phi) is 6.34. The summed E-state index contributed by atoms with van der Waals surface area (Å²) in [6, 6.07) is 18.1. The van der Waals surface area contributed by atoms with Gasteiger partial charge in [0.05, 0.1) is 11.9 Å². The molecular formula is C24H17F2N2O3S-. The molecule has 3 aromatic carbocycles. The number of hydrogen-bond acceptors (Lipinski definition) is 4. The second kappa shape index (κ2) is 9.33. The molecule has 1 heterocycles. The molecule has 0 aliphatic heterocycles. The highest BCUT2D eigenvalue weighted by atomic mass is 32.2. The monoisotopic (exact) mass is 451 g/mol. The van der Waals surface area contributed by atoms with Crippen LogP contribution < -0.4 is 5.56 Å². The van der Waals surface area contributed by atoms with Gasteiger partial charge in [-0.25, -0.2) is 8.78 Å². The van der Waals surface area contributed by atoms with Crippen molar-refractivity contribution in [1.29, 1.82) is 0 Å². The van der Waals surface area contributed by atoms with Gasteiger partial charge in [0.25, 0.3) is 5.56 Å². The zero-order chi connectivity index (χ0) is 22.7. The number of benzene rings is 3. The van der Waals surface area contributed by atoms with Crippen LogP contribution in [0.4, 0.5) is 8.78 Å². The van der Waals surface area contributed by atoms with E-state index in [-0.39, 0.29) is 23.6 Å². The van der Waals surface area contributed by atoms with Crippen LogP contribution in [0.2, 0.25) is 0 Å². The average Bonchev–Trinajstić information content (AvgIpc) is 2.77. The van der Waals surface area contributed by atoms with E-state index < -0.39 is 16.9 Å². The van der Waals surface area contributed by atoms with Crippen molar-refractivity contribution in [3.05, 3.63) is 118 Å². The molecule has 4 aromatic rings. The molecule has 0 bridgehead atoms. The lowest BCUT2D eigenvalue weighted by atomic mass is 9.97. The smallest absolute Gasteiger partial charge is 0.275 e. The molecular weight excluding hydrogens is 434 g/mol. The molecule has 0 aliphatic rings. The highest BCUT2D eigenvalue weighted by Crippen LogP contribution is 2.24. The summed E-state index contributed by atoms with van der Waals surface area (Å²) < 4.78 is 49.7. The molecule has 162 valence electrons. The second-order valence-corrected chi connectivity index (χ2v) is 8.07. The molecule has 0 N–H and O–H groups in total. The van der Waals surface area contributed by atoms with E-state index in [1.807, 2.05) is 0 Å². The van der Waals surface area contributed by atoms with Gasteiger partial charge < -0.3 is 4.55 Å². The minimum Gasteiger partial charge on any atom is -0.772 e. The van der Waals surface area contributed by atoms with Gasteiger partial charge in [-0.3, -0.25) is 9.00 Å². The molecule has 1 aromatic heterocycles. The summed E-state index contributed by atoms with van der Waals surface area (Å²) in [4.78, 5) is 13.4. The van der Waals surface area contributed by atoms with E-state index in [2.05, 4.69) is 5.10 Å². The molecule has 0 saturated heterocycles. The van der Waals surface area contributed by atoms with Crippen molar-refractivity contribution in [2.45, 2.75) is 12.2 Å². The first-order valence-corrected chi connectivity index (χ1v) is 10.9. The van der Waals surface area contributed by atoms with E-state index in [4.69, 9.17) is 0 Å². The summed E-state index contributed by atoms with van der Waals surface area (Å²) >= 11 is -2.20. The van der Waals surface area contributed by atoms with Crippen LogP contribution >= 0.6 is 0 Å². The van der Waals surface area contributed by atoms with Gasteiger partial charge in [0.15, 0.2) is 0 Å². The molecule has 0 radical (unpaired) electrons. The Hall–Kier alpha value is -3.49. The Morgan fingerprint density at radius 2 is 1.41 bits per heavy atom. The molecule has 0 amide bonds. The molecule has 4 rings (SSSR count). The van der Waals surface area contributed by atoms with Crippen LogP contribution in [0.5, 0.6) is 0 Å². The average molecular weight is 451 g/mol. The summed E-state index contributed by atoms with van der Waals surface area (Å²) in [5.74, 6) is -0.907. The number of rotatable bonds is 6. The highest BCUT2D eigenvalue weighted by Gasteiger charge is 2.15. The van der Waals surface area contributed by atoms with E-state index >= 15 is 0 Å². The standard InChI is InChI=1S/C24H18F2N2O3S/c25-19-7-3-16(4-8-19)13-22-23(18-5-1-17(2-6-18)15-32(30)31)14-27-28(24(22)29)21-11-9-20(26)10-12-21/h1-12,14H,13,15H2,(H,30,31)/p-1. The van der Waals surface area contributed by atoms with Crippen molar-refractivity contribution in [3.8, 4) is 16.8 Å². The Morgan fingerprint density at radius 1 is 0.844 bits per heavy atom. The van der Waals surface area contributed by atoms with E-state index in [1.165, 1.54) is 41.1 Å². The lowest BCUT2D eigenvalue weighted by Crippen LogP contribution is -2.25.